The molecule has 1 atom stereocenters. The van der Waals surface area contributed by atoms with Gasteiger partial charge in [-0.15, -0.1) is 10.2 Å². The van der Waals surface area contributed by atoms with Gasteiger partial charge >= 0.3 is 12.1 Å². The van der Waals surface area contributed by atoms with Crippen LogP contribution in [0, 0.1) is 0 Å². The maximum absolute atomic E-state index is 12.3. The summed E-state index contributed by atoms with van der Waals surface area (Å²) in [4.78, 5) is 27.1. The molecule has 2 saturated heterocycles. The van der Waals surface area contributed by atoms with E-state index in [0.717, 1.165) is 5.82 Å². The van der Waals surface area contributed by atoms with Crippen molar-refractivity contribution in [3.63, 3.8) is 0 Å². The molecular formula is C14H22N6O4. The molecule has 3 rings (SSSR count). The fraction of sp³-hybridized carbons (Fsp3) is 0.714. The highest BCUT2D eigenvalue weighted by Crippen LogP contribution is 2.17. The zero-order chi connectivity index (χ0) is 16.9. The number of cyclic esters (lactones) is 1. The number of hydrogen-bond acceptors (Lipinski definition) is 6. The summed E-state index contributed by atoms with van der Waals surface area (Å²) in [5.41, 5.74) is 0. The van der Waals surface area contributed by atoms with Crippen molar-refractivity contribution in [3.05, 3.63) is 12.2 Å². The number of rotatable bonds is 6. The predicted molar refractivity (Wildman–Crippen MR) is 82.4 cm³/mol. The number of carbonyl (C=O) groups is 2. The van der Waals surface area contributed by atoms with E-state index < -0.39 is 0 Å². The Labute approximate surface area is 139 Å². The molecule has 3 amide bonds. The second-order valence-electron chi connectivity index (χ2n) is 5.79. The van der Waals surface area contributed by atoms with E-state index in [-0.39, 0.29) is 18.2 Å². The molecule has 2 aliphatic rings. The highest BCUT2D eigenvalue weighted by Gasteiger charge is 2.38. The number of carbonyl (C=O) groups excluding carboxylic acids is 2. The van der Waals surface area contributed by atoms with E-state index in [0.29, 0.717) is 52.4 Å². The van der Waals surface area contributed by atoms with Gasteiger partial charge in [0.05, 0.1) is 12.6 Å². The fourth-order valence-corrected chi connectivity index (χ4v) is 2.92. The first-order valence-corrected chi connectivity index (χ1v) is 8.01. The van der Waals surface area contributed by atoms with E-state index in [1.54, 1.807) is 23.2 Å². The van der Waals surface area contributed by atoms with Crippen molar-refractivity contribution < 1.29 is 19.1 Å². The molecule has 0 bridgehead atoms. The lowest BCUT2D eigenvalue weighted by atomic mass is 10.2. The number of piperazine rings is 1. The topological polar surface area (TPSA) is 102 Å². The van der Waals surface area contributed by atoms with E-state index in [1.165, 1.54) is 0 Å². The number of ether oxygens (including phenoxy) is 2. The number of amides is 3. The third-order valence-corrected chi connectivity index (χ3v) is 4.26. The van der Waals surface area contributed by atoms with Crippen LogP contribution in [0.3, 0.4) is 0 Å². The molecule has 0 saturated carbocycles. The van der Waals surface area contributed by atoms with Crippen molar-refractivity contribution in [2.24, 2.45) is 0 Å². The molecule has 10 nitrogen and oxygen atoms in total. The van der Waals surface area contributed by atoms with Gasteiger partial charge in [0.1, 0.15) is 18.8 Å². The molecule has 2 fully saturated rings. The number of aromatic nitrogens is 3. The quantitative estimate of drug-likeness (QED) is 0.737. The molecule has 0 aliphatic carbocycles. The normalized spacial score (nSPS) is 20.0. The minimum Gasteiger partial charge on any atom is -0.447 e. The Morgan fingerprint density at radius 2 is 2.38 bits per heavy atom. The number of nitrogens with one attached hydrogen (secondary N) is 1. The van der Waals surface area contributed by atoms with E-state index >= 15 is 0 Å². The van der Waals surface area contributed by atoms with Gasteiger partial charge in [-0.1, -0.05) is 0 Å². The summed E-state index contributed by atoms with van der Waals surface area (Å²) in [6, 6.07) is -0.161. The Bertz CT molecular complexity index is 592. The van der Waals surface area contributed by atoms with Gasteiger partial charge in [-0.3, -0.25) is 4.90 Å². The van der Waals surface area contributed by atoms with Crippen LogP contribution in [0.4, 0.5) is 9.59 Å². The van der Waals surface area contributed by atoms with Crippen molar-refractivity contribution in [2.45, 2.75) is 19.0 Å². The largest absolute Gasteiger partial charge is 0.447 e. The molecule has 132 valence electrons. The van der Waals surface area contributed by atoms with Gasteiger partial charge in [0.25, 0.3) is 0 Å². The lowest BCUT2D eigenvalue weighted by Crippen LogP contribution is -2.56. The smallest absolute Gasteiger partial charge is 0.410 e. The van der Waals surface area contributed by atoms with Crippen LogP contribution in [-0.4, -0.2) is 89.2 Å². The average Bonchev–Trinajstić information content (AvgIpc) is 3.19. The first-order chi connectivity index (χ1) is 11.7. The summed E-state index contributed by atoms with van der Waals surface area (Å²) in [5.74, 6) is 0.812. The third-order valence-electron chi connectivity index (χ3n) is 4.26. The Hall–Kier alpha value is -2.36. The van der Waals surface area contributed by atoms with Crippen LogP contribution in [0.15, 0.2) is 6.33 Å². The molecule has 1 N–H and O–H groups in total. The highest BCUT2D eigenvalue weighted by molar-refractivity contribution is 5.75. The fourth-order valence-electron chi connectivity index (χ4n) is 2.92. The van der Waals surface area contributed by atoms with Crippen LogP contribution in [-0.2, 0) is 22.4 Å². The van der Waals surface area contributed by atoms with Crippen LogP contribution in [0.1, 0.15) is 5.82 Å². The summed E-state index contributed by atoms with van der Waals surface area (Å²) in [6.45, 7) is 3.63. The van der Waals surface area contributed by atoms with Gasteiger partial charge in [0, 0.05) is 46.3 Å². The Morgan fingerprint density at radius 1 is 1.50 bits per heavy atom. The summed E-state index contributed by atoms with van der Waals surface area (Å²) < 4.78 is 12.0. The van der Waals surface area contributed by atoms with Crippen molar-refractivity contribution in [3.8, 4) is 0 Å². The third kappa shape index (κ3) is 3.58. The molecule has 0 radical (unpaired) electrons. The second-order valence-corrected chi connectivity index (χ2v) is 5.79. The van der Waals surface area contributed by atoms with Crippen LogP contribution in [0.25, 0.3) is 0 Å². The number of fused-ring (bicyclic) bond motifs is 1. The Kier molecular flexibility index (Phi) is 5.14. The van der Waals surface area contributed by atoms with Crippen LogP contribution in [0.2, 0.25) is 0 Å². The molecule has 0 spiro atoms. The van der Waals surface area contributed by atoms with Gasteiger partial charge in [-0.2, -0.15) is 0 Å². The van der Waals surface area contributed by atoms with Crippen molar-refractivity contribution in [1.29, 1.82) is 0 Å². The van der Waals surface area contributed by atoms with Crippen molar-refractivity contribution in [2.75, 3.05) is 46.5 Å². The monoisotopic (exact) mass is 338 g/mol. The molecule has 3 heterocycles. The maximum Gasteiger partial charge on any atom is 0.410 e. The standard InChI is InChI=1S/C14H22N6O4/c1-23-7-6-19-10-16-17-12(19)2-3-15-13(21)18-4-5-20-11(8-18)9-24-14(20)22/h10-11H,2-9H2,1H3,(H,15,21)/t11-/m1/s1. The van der Waals surface area contributed by atoms with Crippen LogP contribution < -0.4 is 5.32 Å². The van der Waals surface area contributed by atoms with E-state index in [1.807, 2.05) is 4.57 Å². The lowest BCUT2D eigenvalue weighted by molar-refractivity contribution is 0.127. The molecule has 24 heavy (non-hydrogen) atoms. The Morgan fingerprint density at radius 3 is 3.21 bits per heavy atom. The number of methoxy groups -OCH3 is 1. The summed E-state index contributed by atoms with van der Waals surface area (Å²) >= 11 is 0. The average molecular weight is 338 g/mol. The Balaban J connectivity index is 1.43. The number of urea groups is 1. The van der Waals surface area contributed by atoms with Crippen LogP contribution >= 0.6 is 0 Å². The molecular weight excluding hydrogens is 316 g/mol. The summed E-state index contributed by atoms with van der Waals surface area (Å²) in [5, 5.41) is 10.8. The number of hydrogen-bond donors (Lipinski definition) is 1. The minimum atomic E-state index is -0.282. The van der Waals surface area contributed by atoms with Crippen molar-refractivity contribution in [1.82, 2.24) is 29.9 Å². The predicted octanol–water partition coefficient (Wildman–Crippen LogP) is -0.687. The summed E-state index contributed by atoms with van der Waals surface area (Å²) in [7, 11) is 1.65. The molecule has 10 heteroatoms. The van der Waals surface area contributed by atoms with Gasteiger partial charge in [0.15, 0.2) is 0 Å². The first-order valence-electron chi connectivity index (χ1n) is 8.01. The SMILES string of the molecule is COCCn1cnnc1CCNC(=O)N1CCN2C(=O)OC[C@H]2C1. The lowest BCUT2D eigenvalue weighted by Gasteiger charge is -2.35. The minimum absolute atomic E-state index is 0.0332. The van der Waals surface area contributed by atoms with E-state index in [9.17, 15) is 9.59 Å². The summed E-state index contributed by atoms with van der Waals surface area (Å²) in [6.07, 6.45) is 1.97. The molecule has 0 aromatic carbocycles. The van der Waals surface area contributed by atoms with Gasteiger partial charge < -0.3 is 24.3 Å². The van der Waals surface area contributed by atoms with Crippen LogP contribution in [0.5, 0.6) is 0 Å². The van der Waals surface area contributed by atoms with E-state index in [2.05, 4.69) is 15.5 Å². The molecule has 1 aromatic heterocycles. The van der Waals surface area contributed by atoms with Gasteiger partial charge in [0.2, 0.25) is 0 Å². The maximum atomic E-state index is 12.3. The van der Waals surface area contributed by atoms with Gasteiger partial charge in [-0.05, 0) is 0 Å². The number of nitrogens with zero attached hydrogens (tertiary/aromatic N) is 5. The molecule has 1 aromatic rings. The van der Waals surface area contributed by atoms with Crippen molar-refractivity contribution >= 4 is 12.1 Å². The zero-order valence-electron chi connectivity index (χ0n) is 13.7. The molecule has 2 aliphatic heterocycles. The zero-order valence-corrected chi connectivity index (χ0v) is 13.7. The van der Waals surface area contributed by atoms with E-state index in [4.69, 9.17) is 9.47 Å². The first kappa shape index (κ1) is 16.5. The van der Waals surface area contributed by atoms with Gasteiger partial charge in [-0.25, -0.2) is 9.59 Å². The molecule has 0 unspecified atom stereocenters. The highest BCUT2D eigenvalue weighted by atomic mass is 16.6. The second kappa shape index (κ2) is 7.47.